The third-order valence-corrected chi connectivity index (χ3v) is 3.40. The summed E-state index contributed by atoms with van der Waals surface area (Å²) in [5, 5.41) is 18.6. The van der Waals surface area contributed by atoms with Crippen molar-refractivity contribution in [2.24, 2.45) is 7.05 Å². The van der Waals surface area contributed by atoms with Crippen LogP contribution in [0, 0.1) is 0 Å². The van der Waals surface area contributed by atoms with Gasteiger partial charge in [0.1, 0.15) is 12.2 Å². The van der Waals surface area contributed by atoms with E-state index in [-0.39, 0.29) is 6.04 Å². The third-order valence-electron chi connectivity index (χ3n) is 3.40. The molecule has 0 radical (unpaired) electrons. The van der Waals surface area contributed by atoms with Gasteiger partial charge >= 0.3 is 0 Å². The summed E-state index contributed by atoms with van der Waals surface area (Å²) in [6.07, 6.45) is 7.11. The third kappa shape index (κ3) is 2.82. The van der Waals surface area contributed by atoms with Gasteiger partial charge in [0.25, 0.3) is 0 Å². The lowest BCUT2D eigenvalue weighted by molar-refractivity contribution is 0.529. The zero-order valence-electron chi connectivity index (χ0n) is 12.0. The predicted molar refractivity (Wildman–Crippen MR) is 78.1 cm³/mol. The van der Waals surface area contributed by atoms with Gasteiger partial charge in [-0.3, -0.25) is 10.1 Å². The number of hydrogen-bond donors (Lipinski definition) is 2. The van der Waals surface area contributed by atoms with E-state index in [1.54, 1.807) is 12.5 Å². The van der Waals surface area contributed by atoms with Crippen molar-refractivity contribution in [3.05, 3.63) is 48.4 Å². The normalized spacial score (nSPS) is 12.5. The minimum atomic E-state index is 0.106. The zero-order chi connectivity index (χ0) is 14.7. The van der Waals surface area contributed by atoms with Crippen LogP contribution in [-0.4, -0.2) is 29.9 Å². The van der Waals surface area contributed by atoms with Gasteiger partial charge in [-0.05, 0) is 19.1 Å². The summed E-state index contributed by atoms with van der Waals surface area (Å²) in [6.45, 7) is 2.75. The standard InChI is InChI=1S/C14H17N7/c1-10(14-20-18-9-21(14)2)16-7-12-8-17-19-13(12)11-4-3-5-15-6-11/h3-6,8-10,16H,7H2,1-2H3,(H,17,19). The maximum absolute atomic E-state index is 4.14. The van der Waals surface area contributed by atoms with E-state index in [1.165, 1.54) is 0 Å². The molecule has 2 N–H and O–H groups in total. The molecule has 0 amide bonds. The molecule has 3 rings (SSSR count). The van der Waals surface area contributed by atoms with Crippen molar-refractivity contribution in [2.75, 3.05) is 0 Å². The lowest BCUT2D eigenvalue weighted by Gasteiger charge is -2.12. The van der Waals surface area contributed by atoms with Gasteiger partial charge in [0.15, 0.2) is 0 Å². The zero-order valence-corrected chi connectivity index (χ0v) is 12.0. The second-order valence-electron chi connectivity index (χ2n) is 4.91. The highest BCUT2D eigenvalue weighted by Gasteiger charge is 2.13. The minimum absolute atomic E-state index is 0.106. The predicted octanol–water partition coefficient (Wildman–Crippen LogP) is 1.45. The van der Waals surface area contributed by atoms with Crippen molar-refractivity contribution in [3.8, 4) is 11.3 Å². The van der Waals surface area contributed by atoms with Crippen LogP contribution in [0.5, 0.6) is 0 Å². The van der Waals surface area contributed by atoms with E-state index in [9.17, 15) is 0 Å². The molecule has 1 atom stereocenters. The van der Waals surface area contributed by atoms with E-state index in [4.69, 9.17) is 0 Å². The molecule has 0 saturated heterocycles. The summed E-state index contributed by atoms with van der Waals surface area (Å²) >= 11 is 0. The average Bonchev–Trinajstić information content (AvgIpc) is 3.14. The Hall–Kier alpha value is -2.54. The first-order valence-electron chi connectivity index (χ1n) is 6.75. The van der Waals surface area contributed by atoms with E-state index in [2.05, 4.69) is 37.6 Å². The first kappa shape index (κ1) is 13.4. The largest absolute Gasteiger partial charge is 0.319 e. The number of hydrogen-bond acceptors (Lipinski definition) is 5. The van der Waals surface area contributed by atoms with E-state index in [0.717, 1.165) is 22.6 Å². The molecule has 0 aliphatic carbocycles. The van der Waals surface area contributed by atoms with E-state index in [0.29, 0.717) is 6.54 Å². The van der Waals surface area contributed by atoms with Crippen molar-refractivity contribution in [2.45, 2.75) is 19.5 Å². The fourth-order valence-corrected chi connectivity index (χ4v) is 2.24. The smallest absolute Gasteiger partial charge is 0.149 e. The molecule has 7 heteroatoms. The van der Waals surface area contributed by atoms with Crippen LogP contribution < -0.4 is 5.32 Å². The maximum atomic E-state index is 4.14. The van der Waals surface area contributed by atoms with Gasteiger partial charge in [-0.15, -0.1) is 10.2 Å². The van der Waals surface area contributed by atoms with Crippen LogP contribution in [0.4, 0.5) is 0 Å². The van der Waals surface area contributed by atoms with Crippen LogP contribution >= 0.6 is 0 Å². The van der Waals surface area contributed by atoms with Crippen molar-refractivity contribution >= 4 is 0 Å². The SMILES string of the molecule is CC(NCc1cn[nH]c1-c1cccnc1)c1nncn1C. The number of aryl methyl sites for hydroxylation is 1. The van der Waals surface area contributed by atoms with E-state index >= 15 is 0 Å². The summed E-state index contributed by atoms with van der Waals surface area (Å²) in [5.41, 5.74) is 3.11. The number of rotatable bonds is 5. The van der Waals surface area contributed by atoms with Crippen LogP contribution in [0.15, 0.2) is 37.1 Å². The van der Waals surface area contributed by atoms with Gasteiger partial charge < -0.3 is 9.88 Å². The molecule has 3 aromatic rings. The summed E-state index contributed by atoms with van der Waals surface area (Å²) < 4.78 is 1.91. The molecule has 1 unspecified atom stereocenters. The first-order valence-corrected chi connectivity index (χ1v) is 6.75. The molecule has 21 heavy (non-hydrogen) atoms. The number of nitrogens with zero attached hydrogens (tertiary/aromatic N) is 5. The molecule has 7 nitrogen and oxygen atoms in total. The Kier molecular flexibility index (Phi) is 3.74. The Balaban J connectivity index is 1.72. The van der Waals surface area contributed by atoms with Crippen LogP contribution in [0.2, 0.25) is 0 Å². The van der Waals surface area contributed by atoms with Crippen molar-refractivity contribution in [1.29, 1.82) is 0 Å². The highest BCUT2D eigenvalue weighted by molar-refractivity contribution is 5.61. The molecule has 0 aromatic carbocycles. The highest BCUT2D eigenvalue weighted by Crippen LogP contribution is 2.20. The Morgan fingerprint density at radius 3 is 3.00 bits per heavy atom. The van der Waals surface area contributed by atoms with Gasteiger partial charge in [-0.1, -0.05) is 0 Å². The number of aromatic nitrogens is 6. The van der Waals surface area contributed by atoms with Crippen molar-refractivity contribution < 1.29 is 0 Å². The molecule has 0 aliphatic rings. The summed E-state index contributed by atoms with van der Waals surface area (Å²) in [4.78, 5) is 4.14. The van der Waals surface area contributed by atoms with Crippen LogP contribution in [-0.2, 0) is 13.6 Å². The van der Waals surface area contributed by atoms with Crippen LogP contribution in [0.25, 0.3) is 11.3 Å². The van der Waals surface area contributed by atoms with Crippen LogP contribution in [0.3, 0.4) is 0 Å². The first-order chi connectivity index (χ1) is 10.3. The molecule has 108 valence electrons. The number of nitrogens with one attached hydrogen (secondary N) is 2. The fraction of sp³-hybridized carbons (Fsp3) is 0.286. The summed E-state index contributed by atoms with van der Waals surface area (Å²) in [7, 11) is 1.94. The maximum Gasteiger partial charge on any atom is 0.149 e. The molecule has 0 saturated carbocycles. The number of aromatic amines is 1. The topological polar surface area (TPSA) is 84.3 Å². The van der Waals surface area contributed by atoms with Gasteiger partial charge in [-0.2, -0.15) is 5.10 Å². The minimum Gasteiger partial charge on any atom is -0.319 e. The van der Waals surface area contributed by atoms with Gasteiger partial charge in [-0.25, -0.2) is 0 Å². The summed E-state index contributed by atoms with van der Waals surface area (Å²) in [6, 6.07) is 4.03. The highest BCUT2D eigenvalue weighted by atomic mass is 15.3. The molecule has 3 aromatic heterocycles. The van der Waals surface area contributed by atoms with Crippen molar-refractivity contribution in [1.82, 2.24) is 35.3 Å². The van der Waals surface area contributed by atoms with Gasteiger partial charge in [0, 0.05) is 37.1 Å². The average molecular weight is 283 g/mol. The molecule has 3 heterocycles. The molecule has 0 bridgehead atoms. The second kappa shape index (κ2) is 5.84. The fourth-order valence-electron chi connectivity index (χ4n) is 2.24. The molecular formula is C14H17N7. The molecular weight excluding hydrogens is 266 g/mol. The Labute approximate surface area is 122 Å². The van der Waals surface area contributed by atoms with Gasteiger partial charge in [0.05, 0.1) is 17.9 Å². The Bertz CT molecular complexity index is 701. The Morgan fingerprint density at radius 1 is 1.38 bits per heavy atom. The number of H-pyrrole nitrogens is 1. The second-order valence-corrected chi connectivity index (χ2v) is 4.91. The lowest BCUT2D eigenvalue weighted by Crippen LogP contribution is -2.21. The molecule has 0 aliphatic heterocycles. The monoisotopic (exact) mass is 283 g/mol. The van der Waals surface area contributed by atoms with Gasteiger partial charge in [0.2, 0.25) is 0 Å². The molecule has 0 spiro atoms. The summed E-state index contributed by atoms with van der Waals surface area (Å²) in [5.74, 6) is 0.904. The number of pyridine rings is 1. The lowest BCUT2D eigenvalue weighted by atomic mass is 10.1. The van der Waals surface area contributed by atoms with E-state index < -0.39 is 0 Å². The Morgan fingerprint density at radius 2 is 2.29 bits per heavy atom. The van der Waals surface area contributed by atoms with Crippen molar-refractivity contribution in [3.63, 3.8) is 0 Å². The molecule has 0 fully saturated rings. The van der Waals surface area contributed by atoms with E-state index in [1.807, 2.05) is 36.1 Å². The van der Waals surface area contributed by atoms with Crippen LogP contribution in [0.1, 0.15) is 24.4 Å². The quantitative estimate of drug-likeness (QED) is 0.740.